The van der Waals surface area contributed by atoms with E-state index in [0.717, 1.165) is 38.1 Å². The van der Waals surface area contributed by atoms with Gasteiger partial charge in [-0.2, -0.15) is 5.10 Å². The fraction of sp³-hybridized carbons (Fsp3) is 0.444. The first-order chi connectivity index (χ1) is 11.3. The molecule has 5 heteroatoms. The van der Waals surface area contributed by atoms with Crippen LogP contribution < -0.4 is 4.74 Å². The van der Waals surface area contributed by atoms with Crippen molar-refractivity contribution in [3.8, 4) is 5.75 Å². The molecule has 2 aromatic rings. The van der Waals surface area contributed by atoms with Crippen molar-refractivity contribution in [2.45, 2.75) is 31.7 Å². The largest absolute Gasteiger partial charge is 0.497 e. The van der Waals surface area contributed by atoms with E-state index < -0.39 is 0 Å². The van der Waals surface area contributed by atoms with Gasteiger partial charge in [-0.15, -0.1) is 0 Å². The van der Waals surface area contributed by atoms with Gasteiger partial charge in [0.25, 0.3) is 0 Å². The van der Waals surface area contributed by atoms with E-state index in [1.54, 1.807) is 18.0 Å². The molecule has 122 valence electrons. The number of hydrogen-bond donors (Lipinski definition) is 0. The predicted octanol–water partition coefficient (Wildman–Crippen LogP) is 2.69. The SMILES string of the molecule is COc1ccc([C@@H]2CCCCN(C(=O)Cn3cccn3)C2)cc1. The van der Waals surface area contributed by atoms with E-state index in [-0.39, 0.29) is 5.91 Å². The average molecular weight is 313 g/mol. The van der Waals surface area contributed by atoms with Gasteiger partial charge in [0, 0.05) is 31.4 Å². The fourth-order valence-electron chi connectivity index (χ4n) is 3.15. The van der Waals surface area contributed by atoms with Crippen LogP contribution in [0.4, 0.5) is 0 Å². The van der Waals surface area contributed by atoms with Crippen LogP contribution in [0.5, 0.6) is 5.75 Å². The number of rotatable bonds is 4. The standard InChI is InChI=1S/C18H23N3O2/c1-23-17-8-6-15(7-9-17)16-5-2-3-11-20(13-16)18(22)14-21-12-4-10-19-21/h4,6-10,12,16H,2-3,5,11,13-14H2,1H3/t16-/m1/s1. The van der Waals surface area contributed by atoms with Gasteiger partial charge >= 0.3 is 0 Å². The Morgan fingerprint density at radius 2 is 2.13 bits per heavy atom. The second-order valence-electron chi connectivity index (χ2n) is 6.01. The van der Waals surface area contributed by atoms with E-state index in [1.165, 1.54) is 5.56 Å². The molecule has 0 N–H and O–H groups in total. The lowest BCUT2D eigenvalue weighted by molar-refractivity contribution is -0.132. The number of ether oxygens (including phenoxy) is 1. The molecule has 1 aliphatic heterocycles. The van der Waals surface area contributed by atoms with Gasteiger partial charge in [0.2, 0.25) is 5.91 Å². The maximum atomic E-state index is 12.5. The first-order valence-electron chi connectivity index (χ1n) is 8.15. The third kappa shape index (κ3) is 3.92. The van der Waals surface area contributed by atoms with Gasteiger partial charge in [-0.25, -0.2) is 0 Å². The van der Waals surface area contributed by atoms with Gasteiger partial charge in [-0.1, -0.05) is 18.6 Å². The highest BCUT2D eigenvalue weighted by Crippen LogP contribution is 2.28. The summed E-state index contributed by atoms with van der Waals surface area (Å²) in [6.45, 7) is 1.95. The number of hydrogen-bond acceptors (Lipinski definition) is 3. The van der Waals surface area contributed by atoms with Crippen molar-refractivity contribution in [2.24, 2.45) is 0 Å². The van der Waals surface area contributed by atoms with Gasteiger partial charge in [-0.3, -0.25) is 9.48 Å². The first kappa shape index (κ1) is 15.6. The normalized spacial score (nSPS) is 18.5. The summed E-state index contributed by atoms with van der Waals surface area (Å²) in [6, 6.07) is 10.1. The Morgan fingerprint density at radius 3 is 2.83 bits per heavy atom. The first-order valence-corrected chi connectivity index (χ1v) is 8.15. The number of carbonyl (C=O) groups excluding carboxylic acids is 1. The van der Waals surface area contributed by atoms with Crippen molar-refractivity contribution < 1.29 is 9.53 Å². The molecule has 0 saturated carbocycles. The Morgan fingerprint density at radius 1 is 1.30 bits per heavy atom. The summed E-state index contributed by atoms with van der Waals surface area (Å²) in [7, 11) is 1.68. The van der Waals surface area contributed by atoms with Crippen LogP contribution in [0.15, 0.2) is 42.7 Å². The van der Waals surface area contributed by atoms with Crippen LogP contribution in [-0.4, -0.2) is 40.8 Å². The molecular weight excluding hydrogens is 290 g/mol. The second-order valence-corrected chi connectivity index (χ2v) is 6.01. The lowest BCUT2D eigenvalue weighted by Gasteiger charge is -2.25. The molecule has 0 spiro atoms. The number of benzene rings is 1. The molecule has 0 aliphatic carbocycles. The summed E-state index contributed by atoms with van der Waals surface area (Å²) in [5.74, 6) is 1.41. The number of amides is 1. The lowest BCUT2D eigenvalue weighted by atomic mass is 9.94. The molecule has 23 heavy (non-hydrogen) atoms. The highest BCUT2D eigenvalue weighted by atomic mass is 16.5. The van der Waals surface area contributed by atoms with Gasteiger partial charge < -0.3 is 9.64 Å². The van der Waals surface area contributed by atoms with Crippen molar-refractivity contribution in [1.82, 2.24) is 14.7 Å². The maximum absolute atomic E-state index is 12.5. The monoisotopic (exact) mass is 313 g/mol. The molecule has 2 heterocycles. The summed E-state index contributed by atoms with van der Waals surface area (Å²) in [4.78, 5) is 14.5. The van der Waals surface area contributed by atoms with Crippen molar-refractivity contribution in [3.63, 3.8) is 0 Å². The summed E-state index contributed by atoms with van der Waals surface area (Å²) in [5.41, 5.74) is 1.28. The average Bonchev–Trinajstić information content (AvgIpc) is 2.96. The smallest absolute Gasteiger partial charge is 0.244 e. The Balaban J connectivity index is 1.68. The molecule has 0 unspecified atom stereocenters. The zero-order chi connectivity index (χ0) is 16.1. The minimum Gasteiger partial charge on any atom is -0.497 e. The zero-order valence-electron chi connectivity index (χ0n) is 13.5. The van der Waals surface area contributed by atoms with E-state index in [9.17, 15) is 4.79 Å². The Labute approximate surface area is 136 Å². The van der Waals surface area contributed by atoms with E-state index >= 15 is 0 Å². The zero-order valence-corrected chi connectivity index (χ0v) is 13.5. The Kier molecular flexibility index (Phi) is 4.95. The third-order valence-corrected chi connectivity index (χ3v) is 4.47. The molecule has 1 amide bonds. The quantitative estimate of drug-likeness (QED) is 0.872. The molecular formula is C18H23N3O2. The van der Waals surface area contributed by atoms with Crippen LogP contribution in [0.2, 0.25) is 0 Å². The van der Waals surface area contributed by atoms with Gasteiger partial charge in [-0.05, 0) is 36.6 Å². The molecule has 0 radical (unpaired) electrons. The van der Waals surface area contributed by atoms with Crippen LogP contribution in [0.3, 0.4) is 0 Å². The maximum Gasteiger partial charge on any atom is 0.244 e. The number of nitrogens with zero attached hydrogens (tertiary/aromatic N) is 3. The molecule has 5 nitrogen and oxygen atoms in total. The molecule has 1 aromatic carbocycles. The minimum atomic E-state index is 0.147. The molecule has 1 atom stereocenters. The van der Waals surface area contributed by atoms with Crippen LogP contribution in [0, 0.1) is 0 Å². The molecule has 1 saturated heterocycles. The molecule has 1 aliphatic rings. The highest BCUT2D eigenvalue weighted by Gasteiger charge is 2.23. The second kappa shape index (κ2) is 7.31. The van der Waals surface area contributed by atoms with Gasteiger partial charge in [0.1, 0.15) is 12.3 Å². The summed E-state index contributed by atoms with van der Waals surface area (Å²) in [6.07, 6.45) is 6.88. The van der Waals surface area contributed by atoms with E-state index in [0.29, 0.717) is 12.5 Å². The van der Waals surface area contributed by atoms with Crippen molar-refractivity contribution in [3.05, 3.63) is 48.3 Å². The van der Waals surface area contributed by atoms with Crippen LogP contribution in [-0.2, 0) is 11.3 Å². The van der Waals surface area contributed by atoms with Crippen molar-refractivity contribution in [1.29, 1.82) is 0 Å². The number of carbonyl (C=O) groups is 1. The van der Waals surface area contributed by atoms with Gasteiger partial charge in [0.05, 0.1) is 7.11 Å². The topological polar surface area (TPSA) is 47.4 Å². The Hall–Kier alpha value is -2.30. The summed E-state index contributed by atoms with van der Waals surface area (Å²) < 4.78 is 6.92. The van der Waals surface area contributed by atoms with Crippen LogP contribution in [0.1, 0.15) is 30.7 Å². The minimum absolute atomic E-state index is 0.147. The number of methoxy groups -OCH3 is 1. The number of likely N-dealkylation sites (tertiary alicyclic amines) is 1. The molecule has 1 fully saturated rings. The summed E-state index contributed by atoms with van der Waals surface area (Å²) in [5, 5.41) is 4.13. The van der Waals surface area contributed by atoms with Crippen molar-refractivity contribution in [2.75, 3.05) is 20.2 Å². The van der Waals surface area contributed by atoms with E-state index in [1.807, 2.05) is 29.3 Å². The summed E-state index contributed by atoms with van der Waals surface area (Å²) >= 11 is 0. The third-order valence-electron chi connectivity index (χ3n) is 4.47. The van der Waals surface area contributed by atoms with Crippen LogP contribution in [0.25, 0.3) is 0 Å². The lowest BCUT2D eigenvalue weighted by Crippen LogP contribution is -2.36. The Bertz CT molecular complexity index is 622. The molecule has 0 bridgehead atoms. The van der Waals surface area contributed by atoms with Crippen molar-refractivity contribution >= 4 is 5.91 Å². The highest BCUT2D eigenvalue weighted by molar-refractivity contribution is 5.76. The number of aromatic nitrogens is 2. The predicted molar refractivity (Wildman–Crippen MR) is 88.4 cm³/mol. The molecule has 3 rings (SSSR count). The van der Waals surface area contributed by atoms with Gasteiger partial charge in [0.15, 0.2) is 0 Å². The van der Waals surface area contributed by atoms with E-state index in [2.05, 4.69) is 17.2 Å². The fourth-order valence-corrected chi connectivity index (χ4v) is 3.15. The molecule has 1 aromatic heterocycles. The van der Waals surface area contributed by atoms with Crippen LogP contribution >= 0.6 is 0 Å². The van der Waals surface area contributed by atoms with E-state index in [4.69, 9.17) is 4.74 Å².